The number of esters is 1. The Bertz CT molecular complexity index is 1660. The maximum absolute atomic E-state index is 16.0. The van der Waals surface area contributed by atoms with E-state index in [4.69, 9.17) is 9.84 Å². The SMILES string of the molecule is C=C/C=C(\C=C/C)c1cn(C2CCN(CCC(=O)OC)CC2)nc1-c1cccc(NS(=O)(=O)c2cc(F)ccc2F)c1F. The van der Waals surface area contributed by atoms with Crippen molar-refractivity contribution < 1.29 is 31.1 Å². The van der Waals surface area contributed by atoms with Crippen LogP contribution in [0, 0.1) is 17.5 Å². The number of hydrogen-bond donors (Lipinski definition) is 1. The predicted molar refractivity (Wildman–Crippen MR) is 159 cm³/mol. The smallest absolute Gasteiger partial charge is 0.306 e. The van der Waals surface area contributed by atoms with Crippen LogP contribution < -0.4 is 4.72 Å². The van der Waals surface area contributed by atoms with Gasteiger partial charge in [-0.3, -0.25) is 14.2 Å². The molecule has 0 aliphatic carbocycles. The molecule has 43 heavy (non-hydrogen) atoms. The molecule has 1 aliphatic rings. The topological polar surface area (TPSA) is 93.5 Å². The average molecular weight is 615 g/mol. The van der Waals surface area contributed by atoms with Crippen molar-refractivity contribution in [2.24, 2.45) is 0 Å². The van der Waals surface area contributed by atoms with E-state index in [1.807, 2.05) is 25.3 Å². The minimum absolute atomic E-state index is 0.00170. The zero-order valence-corrected chi connectivity index (χ0v) is 24.7. The maximum Gasteiger partial charge on any atom is 0.306 e. The highest BCUT2D eigenvalue weighted by Crippen LogP contribution is 2.36. The Labute approximate surface area is 249 Å². The van der Waals surface area contributed by atoms with E-state index >= 15 is 4.39 Å². The number of piperidine rings is 1. The molecule has 2 aromatic carbocycles. The minimum Gasteiger partial charge on any atom is -0.469 e. The monoisotopic (exact) mass is 614 g/mol. The lowest BCUT2D eigenvalue weighted by Gasteiger charge is -2.31. The van der Waals surface area contributed by atoms with Crippen LogP contribution >= 0.6 is 0 Å². The molecule has 228 valence electrons. The van der Waals surface area contributed by atoms with Crippen LogP contribution in [0.25, 0.3) is 16.8 Å². The molecule has 1 fully saturated rings. The summed E-state index contributed by atoms with van der Waals surface area (Å²) in [7, 11) is -3.30. The number of sulfonamides is 1. The molecule has 1 saturated heterocycles. The van der Waals surface area contributed by atoms with Crippen molar-refractivity contribution in [3.63, 3.8) is 0 Å². The first-order valence-corrected chi connectivity index (χ1v) is 15.2. The Morgan fingerprint density at radius 2 is 1.93 bits per heavy atom. The van der Waals surface area contributed by atoms with Crippen molar-refractivity contribution in [2.75, 3.05) is 31.5 Å². The molecule has 2 heterocycles. The number of carbonyl (C=O) groups is 1. The van der Waals surface area contributed by atoms with Crippen LogP contribution in [0.3, 0.4) is 0 Å². The summed E-state index contributed by atoms with van der Waals surface area (Å²) in [6.07, 6.45) is 10.6. The van der Waals surface area contributed by atoms with E-state index in [1.54, 1.807) is 16.8 Å². The van der Waals surface area contributed by atoms with Crippen molar-refractivity contribution in [1.82, 2.24) is 14.7 Å². The summed E-state index contributed by atoms with van der Waals surface area (Å²) >= 11 is 0. The molecular formula is C31H33F3N4O4S. The van der Waals surface area contributed by atoms with Gasteiger partial charge in [-0.05, 0) is 55.7 Å². The average Bonchev–Trinajstić information content (AvgIpc) is 3.43. The highest BCUT2D eigenvalue weighted by Gasteiger charge is 2.27. The van der Waals surface area contributed by atoms with E-state index in [2.05, 4.69) is 16.2 Å². The Morgan fingerprint density at radius 1 is 1.19 bits per heavy atom. The Hall–Kier alpha value is -4.16. The van der Waals surface area contributed by atoms with Gasteiger partial charge in [-0.15, -0.1) is 0 Å². The molecule has 1 aliphatic heterocycles. The molecule has 0 atom stereocenters. The summed E-state index contributed by atoms with van der Waals surface area (Å²) in [4.78, 5) is 12.8. The van der Waals surface area contributed by atoms with Gasteiger partial charge >= 0.3 is 5.97 Å². The molecule has 0 amide bonds. The maximum atomic E-state index is 16.0. The van der Waals surface area contributed by atoms with E-state index in [0.717, 1.165) is 32.0 Å². The number of nitrogens with zero attached hydrogens (tertiary/aromatic N) is 3. The van der Waals surface area contributed by atoms with Crippen molar-refractivity contribution in [1.29, 1.82) is 0 Å². The van der Waals surface area contributed by atoms with Crippen molar-refractivity contribution >= 4 is 27.3 Å². The zero-order valence-electron chi connectivity index (χ0n) is 23.9. The quantitative estimate of drug-likeness (QED) is 0.207. The second-order valence-corrected chi connectivity index (χ2v) is 11.6. The fraction of sp³-hybridized carbons (Fsp3) is 0.290. The molecule has 0 unspecified atom stereocenters. The predicted octanol–water partition coefficient (Wildman–Crippen LogP) is 6.11. The molecule has 1 N–H and O–H groups in total. The second-order valence-electron chi connectivity index (χ2n) is 9.98. The number of anilines is 1. The minimum atomic E-state index is -4.66. The third-order valence-corrected chi connectivity index (χ3v) is 8.54. The van der Waals surface area contributed by atoms with Gasteiger partial charge in [-0.2, -0.15) is 5.10 Å². The molecular weight excluding hydrogens is 581 g/mol. The summed E-state index contributed by atoms with van der Waals surface area (Å²) in [5.74, 6) is -3.31. The summed E-state index contributed by atoms with van der Waals surface area (Å²) in [6.45, 7) is 7.68. The molecule has 0 spiro atoms. The number of rotatable bonds is 11. The largest absolute Gasteiger partial charge is 0.469 e. The lowest BCUT2D eigenvalue weighted by Crippen LogP contribution is -2.36. The number of aromatic nitrogens is 2. The molecule has 4 rings (SSSR count). The van der Waals surface area contributed by atoms with Crippen molar-refractivity contribution in [2.45, 2.75) is 37.1 Å². The first-order valence-electron chi connectivity index (χ1n) is 13.7. The van der Waals surface area contributed by atoms with E-state index in [1.165, 1.54) is 25.3 Å². The second kappa shape index (κ2) is 13.9. The van der Waals surface area contributed by atoms with E-state index in [0.29, 0.717) is 36.2 Å². The molecule has 3 aromatic rings. The number of likely N-dealkylation sites (tertiary alicyclic amines) is 1. The van der Waals surface area contributed by atoms with Crippen LogP contribution in [0.1, 0.15) is 37.8 Å². The summed E-state index contributed by atoms with van der Waals surface area (Å²) in [5, 5.41) is 4.77. The standard InChI is InChI=1S/C31H33F3N4O4S/c1-4-7-21(8-5-2)25-20-38(23-13-16-37(17-14-23)18-15-29(39)42-3)35-31(25)24-9-6-10-27(30(24)34)36-43(40,41)28-19-22(32)11-12-26(28)33/h4-12,19-20,23,36H,1,13-18H2,2-3H3/b8-5-,21-7+. The third-order valence-electron chi connectivity index (χ3n) is 7.16. The summed E-state index contributed by atoms with van der Waals surface area (Å²) < 4.78 is 78.4. The highest BCUT2D eigenvalue weighted by atomic mass is 32.2. The van der Waals surface area contributed by atoms with E-state index in [9.17, 15) is 22.0 Å². The molecule has 0 bridgehead atoms. The van der Waals surface area contributed by atoms with Crippen LogP contribution in [-0.2, 0) is 19.6 Å². The Morgan fingerprint density at radius 3 is 2.60 bits per heavy atom. The number of ether oxygens (including phenoxy) is 1. The van der Waals surface area contributed by atoms with Gasteiger partial charge in [0.25, 0.3) is 10.0 Å². The number of halogens is 3. The van der Waals surface area contributed by atoms with E-state index < -0.39 is 38.1 Å². The zero-order chi connectivity index (χ0) is 31.1. The van der Waals surface area contributed by atoms with Gasteiger partial charge in [0.15, 0.2) is 5.82 Å². The summed E-state index contributed by atoms with van der Waals surface area (Å²) in [6, 6.07) is 6.13. The molecule has 12 heteroatoms. The Kier molecular flexibility index (Phi) is 10.3. The van der Waals surface area contributed by atoms with Gasteiger partial charge in [0, 0.05) is 37.0 Å². The number of nitrogens with one attached hydrogen (secondary N) is 1. The van der Waals surface area contributed by atoms with Crippen LogP contribution in [0.5, 0.6) is 0 Å². The molecule has 8 nitrogen and oxygen atoms in total. The number of carbonyl (C=O) groups excluding carboxylic acids is 1. The number of allylic oxidation sites excluding steroid dienone is 5. The fourth-order valence-corrected chi connectivity index (χ4v) is 6.12. The van der Waals surface area contributed by atoms with Crippen LogP contribution in [0.4, 0.5) is 18.9 Å². The number of hydrogen-bond acceptors (Lipinski definition) is 6. The Balaban J connectivity index is 1.70. The molecule has 0 saturated carbocycles. The number of benzene rings is 2. The van der Waals surface area contributed by atoms with Crippen LogP contribution in [0.15, 0.2) is 78.4 Å². The van der Waals surface area contributed by atoms with Gasteiger partial charge in [0.05, 0.1) is 25.3 Å². The van der Waals surface area contributed by atoms with Gasteiger partial charge in [-0.1, -0.05) is 36.9 Å². The normalized spacial score (nSPS) is 15.1. The van der Waals surface area contributed by atoms with Gasteiger partial charge in [0.2, 0.25) is 0 Å². The highest BCUT2D eigenvalue weighted by molar-refractivity contribution is 7.92. The van der Waals surface area contributed by atoms with Crippen LogP contribution in [-0.4, -0.2) is 55.8 Å². The van der Waals surface area contributed by atoms with Gasteiger partial charge < -0.3 is 9.64 Å². The lowest BCUT2D eigenvalue weighted by atomic mass is 10.00. The summed E-state index contributed by atoms with van der Waals surface area (Å²) in [5.41, 5.74) is 1.15. The molecule has 0 radical (unpaired) electrons. The lowest BCUT2D eigenvalue weighted by molar-refractivity contribution is -0.141. The van der Waals surface area contributed by atoms with Crippen LogP contribution in [0.2, 0.25) is 0 Å². The number of methoxy groups -OCH3 is 1. The first kappa shape index (κ1) is 31.8. The molecule has 1 aromatic heterocycles. The fourth-order valence-electron chi connectivity index (χ4n) is 4.97. The van der Waals surface area contributed by atoms with Crippen molar-refractivity contribution in [3.8, 4) is 11.3 Å². The van der Waals surface area contributed by atoms with Crippen molar-refractivity contribution in [3.05, 3.63) is 96.5 Å². The van der Waals surface area contributed by atoms with E-state index in [-0.39, 0.29) is 23.3 Å². The first-order chi connectivity index (χ1) is 20.6. The van der Waals surface area contributed by atoms with Gasteiger partial charge in [0.1, 0.15) is 22.2 Å². The third kappa shape index (κ3) is 7.44. The van der Waals surface area contributed by atoms with Gasteiger partial charge in [-0.25, -0.2) is 21.6 Å².